The van der Waals surface area contributed by atoms with E-state index in [2.05, 4.69) is 9.88 Å². The Kier molecular flexibility index (Phi) is 2.23. The van der Waals surface area contributed by atoms with Crippen LogP contribution in [0.3, 0.4) is 0 Å². The zero-order valence-corrected chi connectivity index (χ0v) is 12.7. The van der Waals surface area contributed by atoms with Crippen molar-refractivity contribution in [3.63, 3.8) is 0 Å². The van der Waals surface area contributed by atoms with E-state index in [1.807, 2.05) is 0 Å². The molecule has 3 unspecified atom stereocenters. The fraction of sp³-hybridized carbons (Fsp3) is 0.529. The van der Waals surface area contributed by atoms with Gasteiger partial charge >= 0.3 is 0 Å². The van der Waals surface area contributed by atoms with Crippen molar-refractivity contribution in [3.05, 3.63) is 33.6 Å². The third-order valence-electron chi connectivity index (χ3n) is 4.90. The molecule has 22 heavy (non-hydrogen) atoms. The Hall–Kier alpha value is -1.88. The molecule has 0 spiro atoms. The molecule has 1 aliphatic heterocycles. The molecular weight excluding hydrogens is 278 g/mol. The quantitative estimate of drug-likeness (QED) is 0.918. The molecule has 5 nitrogen and oxygen atoms in total. The number of piperidine rings is 1. The van der Waals surface area contributed by atoms with Crippen LogP contribution in [0.5, 0.6) is 0 Å². The highest BCUT2D eigenvalue weighted by Crippen LogP contribution is 2.45. The van der Waals surface area contributed by atoms with Crippen LogP contribution in [0, 0.1) is 18.7 Å². The normalized spacial score (nSPS) is 27.2. The van der Waals surface area contributed by atoms with Crippen LogP contribution in [-0.4, -0.2) is 27.7 Å². The van der Waals surface area contributed by atoms with Gasteiger partial charge in [0.15, 0.2) is 0 Å². The van der Waals surface area contributed by atoms with Gasteiger partial charge in [0.2, 0.25) is 5.95 Å². The number of fused-ring (bicyclic) bond motifs is 2. The zero-order chi connectivity index (χ0) is 18.1. The van der Waals surface area contributed by atoms with Crippen molar-refractivity contribution in [1.82, 2.24) is 9.55 Å². The van der Waals surface area contributed by atoms with Crippen molar-refractivity contribution in [1.29, 1.82) is 0 Å². The molecule has 1 aliphatic carbocycles. The van der Waals surface area contributed by atoms with E-state index in [9.17, 15) is 9.90 Å². The fourth-order valence-corrected chi connectivity index (χ4v) is 3.55. The molecule has 1 saturated heterocycles. The third-order valence-corrected chi connectivity index (χ3v) is 4.90. The number of aliphatic hydroxyl groups is 1. The van der Waals surface area contributed by atoms with E-state index in [1.165, 1.54) is 23.1 Å². The fourth-order valence-electron chi connectivity index (χ4n) is 3.55. The van der Waals surface area contributed by atoms with Crippen molar-refractivity contribution in [2.24, 2.45) is 18.9 Å². The van der Waals surface area contributed by atoms with Crippen LogP contribution in [0.1, 0.15) is 34.7 Å². The molecule has 0 bridgehead atoms. The van der Waals surface area contributed by atoms with E-state index >= 15 is 0 Å². The molecule has 1 N–H and O–H groups in total. The Bertz CT molecular complexity index is 910. The molecule has 1 saturated carbocycles. The Morgan fingerprint density at radius 3 is 2.77 bits per heavy atom. The van der Waals surface area contributed by atoms with Crippen molar-refractivity contribution >= 4 is 16.9 Å². The van der Waals surface area contributed by atoms with Gasteiger partial charge in [-0.2, -0.15) is 0 Å². The number of rotatable bonds is 2. The Morgan fingerprint density at radius 1 is 1.41 bits per heavy atom. The second-order valence-electron chi connectivity index (χ2n) is 6.57. The van der Waals surface area contributed by atoms with Gasteiger partial charge in [0.25, 0.3) is 5.56 Å². The van der Waals surface area contributed by atoms with Crippen LogP contribution in [0.15, 0.2) is 16.9 Å². The van der Waals surface area contributed by atoms with E-state index in [-0.39, 0.29) is 16.5 Å². The summed E-state index contributed by atoms with van der Waals surface area (Å²) in [5, 5.41) is 10.4. The lowest BCUT2D eigenvalue weighted by molar-refractivity contribution is 0.200. The van der Waals surface area contributed by atoms with Gasteiger partial charge in [-0.25, -0.2) is 4.98 Å². The van der Waals surface area contributed by atoms with Crippen LogP contribution in [-0.2, 0) is 7.05 Å². The minimum atomic E-state index is -2.35. The van der Waals surface area contributed by atoms with E-state index in [0.717, 1.165) is 13.1 Å². The van der Waals surface area contributed by atoms with Crippen LogP contribution in [0.2, 0.25) is 0 Å². The van der Waals surface area contributed by atoms with Gasteiger partial charge in [-0.3, -0.25) is 9.36 Å². The third kappa shape index (κ3) is 1.96. The molecule has 4 rings (SSSR count). The molecule has 116 valence electrons. The lowest BCUT2D eigenvalue weighted by atomic mass is 10.0. The summed E-state index contributed by atoms with van der Waals surface area (Å²) in [5.41, 5.74) is 0.534. The number of hydrogen-bond acceptors (Lipinski definition) is 4. The second kappa shape index (κ2) is 4.56. The molecule has 1 aromatic heterocycles. The number of aryl methyl sites for hydroxylation is 1. The molecule has 2 aromatic rings. The molecule has 0 amide bonds. The Balaban J connectivity index is 1.95. The molecule has 2 fully saturated rings. The standard InChI is InChI=1S/C17H21N3O2/c1-9-4-13(10(2)21)15-14(5-9)16(22)19(3)17(18-15)20-7-11-6-12(11)8-20/h4-5,10-12,21H,6-8H2,1-3H3/i1D3. The summed E-state index contributed by atoms with van der Waals surface area (Å²) in [6.45, 7) is 1.00. The summed E-state index contributed by atoms with van der Waals surface area (Å²) in [4.78, 5) is 19.7. The highest BCUT2D eigenvalue weighted by molar-refractivity contribution is 5.83. The van der Waals surface area contributed by atoms with E-state index in [0.29, 0.717) is 28.9 Å². The first-order valence-electron chi connectivity index (χ1n) is 9.15. The highest BCUT2D eigenvalue weighted by Gasteiger charge is 2.46. The van der Waals surface area contributed by atoms with Gasteiger partial charge in [-0.15, -0.1) is 0 Å². The van der Waals surface area contributed by atoms with Gasteiger partial charge < -0.3 is 10.0 Å². The van der Waals surface area contributed by atoms with Crippen molar-refractivity contribution < 1.29 is 9.22 Å². The smallest absolute Gasteiger partial charge is 0.262 e. The SMILES string of the molecule is [2H]C([2H])([2H])c1cc(C(C)O)c2nc(N3CC4CC4C3)n(C)c(=O)c2c1. The van der Waals surface area contributed by atoms with Crippen LogP contribution >= 0.6 is 0 Å². The number of hydrogen-bond donors (Lipinski definition) is 1. The maximum absolute atomic E-state index is 12.9. The number of aromatic nitrogens is 2. The summed E-state index contributed by atoms with van der Waals surface area (Å²) >= 11 is 0. The summed E-state index contributed by atoms with van der Waals surface area (Å²) in [7, 11) is 1.66. The molecule has 0 radical (unpaired) electrons. The number of anilines is 1. The van der Waals surface area contributed by atoms with Crippen LogP contribution < -0.4 is 10.5 Å². The van der Waals surface area contributed by atoms with Gasteiger partial charge in [0, 0.05) is 29.8 Å². The first-order valence-corrected chi connectivity index (χ1v) is 7.65. The first-order chi connectivity index (χ1) is 11.7. The Morgan fingerprint density at radius 2 is 2.14 bits per heavy atom. The topological polar surface area (TPSA) is 58.4 Å². The predicted molar refractivity (Wildman–Crippen MR) is 86.2 cm³/mol. The van der Waals surface area contributed by atoms with Gasteiger partial charge in [-0.05, 0) is 43.7 Å². The van der Waals surface area contributed by atoms with Crippen LogP contribution in [0.25, 0.3) is 10.9 Å². The van der Waals surface area contributed by atoms with Gasteiger partial charge in [0.05, 0.1) is 17.0 Å². The summed E-state index contributed by atoms with van der Waals surface area (Å²) in [6.07, 6.45) is 0.336. The minimum Gasteiger partial charge on any atom is -0.389 e. The molecule has 1 aromatic carbocycles. The Labute approximate surface area is 133 Å². The van der Waals surface area contributed by atoms with Crippen molar-refractivity contribution in [3.8, 4) is 0 Å². The largest absolute Gasteiger partial charge is 0.389 e. The van der Waals surface area contributed by atoms with Gasteiger partial charge in [0.1, 0.15) is 0 Å². The average Bonchev–Trinajstić information content (AvgIpc) is 3.14. The zero-order valence-electron chi connectivity index (χ0n) is 15.7. The van der Waals surface area contributed by atoms with E-state index < -0.39 is 13.0 Å². The average molecular weight is 302 g/mol. The lowest BCUT2D eigenvalue weighted by Gasteiger charge is -2.22. The van der Waals surface area contributed by atoms with Crippen LogP contribution in [0.4, 0.5) is 5.95 Å². The first kappa shape index (κ1) is 10.8. The van der Waals surface area contributed by atoms with E-state index in [1.54, 1.807) is 14.0 Å². The lowest BCUT2D eigenvalue weighted by Crippen LogP contribution is -2.31. The molecular formula is C17H21N3O2. The molecule has 2 aliphatic rings. The van der Waals surface area contributed by atoms with E-state index in [4.69, 9.17) is 4.11 Å². The summed E-state index contributed by atoms with van der Waals surface area (Å²) < 4.78 is 24.4. The van der Waals surface area contributed by atoms with Crippen molar-refractivity contribution in [2.75, 3.05) is 18.0 Å². The monoisotopic (exact) mass is 302 g/mol. The van der Waals surface area contributed by atoms with Gasteiger partial charge in [-0.1, -0.05) is 6.07 Å². The molecule has 5 heteroatoms. The van der Waals surface area contributed by atoms with Crippen molar-refractivity contribution in [2.45, 2.75) is 26.3 Å². The predicted octanol–water partition coefficient (Wildman–Crippen LogP) is 1.75. The maximum Gasteiger partial charge on any atom is 0.262 e. The highest BCUT2D eigenvalue weighted by atomic mass is 16.3. The summed E-state index contributed by atoms with van der Waals surface area (Å²) in [6, 6.07) is 2.83. The maximum atomic E-state index is 12.9. The number of nitrogens with zero attached hydrogens (tertiary/aromatic N) is 3. The number of aliphatic hydroxyl groups excluding tert-OH is 1. The summed E-state index contributed by atoms with van der Waals surface area (Å²) in [5.74, 6) is 1.98. The second-order valence-corrected chi connectivity index (χ2v) is 6.57. The number of benzene rings is 1. The molecule has 3 atom stereocenters. The molecule has 2 heterocycles. The minimum absolute atomic E-state index is 0.0463.